The summed E-state index contributed by atoms with van der Waals surface area (Å²) in [6, 6.07) is 9.81. The van der Waals surface area contributed by atoms with E-state index in [4.69, 9.17) is 4.74 Å². The SMILES string of the molecule is C[C@@]1(O)C[C@@H]2C[C@H]1C[C@@H]2NC(=O)OCc1ccccc1. The van der Waals surface area contributed by atoms with Crippen LogP contribution in [0.1, 0.15) is 31.7 Å². The zero-order chi connectivity index (χ0) is 14.2. The summed E-state index contributed by atoms with van der Waals surface area (Å²) in [5.41, 5.74) is 0.440. The molecule has 0 heterocycles. The van der Waals surface area contributed by atoms with Gasteiger partial charge < -0.3 is 15.2 Å². The molecule has 0 radical (unpaired) electrons. The molecule has 2 fully saturated rings. The van der Waals surface area contributed by atoms with Gasteiger partial charge in [-0.1, -0.05) is 30.3 Å². The number of rotatable bonds is 3. The Morgan fingerprint density at radius 2 is 2.15 bits per heavy atom. The lowest BCUT2D eigenvalue weighted by Gasteiger charge is -2.32. The van der Waals surface area contributed by atoms with Crippen molar-refractivity contribution in [1.82, 2.24) is 5.32 Å². The van der Waals surface area contributed by atoms with E-state index in [1.165, 1.54) is 0 Å². The highest BCUT2D eigenvalue weighted by Gasteiger charge is 2.52. The molecule has 2 aliphatic carbocycles. The number of nitrogens with one attached hydrogen (secondary N) is 1. The predicted octanol–water partition coefficient (Wildman–Crippen LogP) is 2.46. The highest BCUT2D eigenvalue weighted by molar-refractivity contribution is 5.67. The van der Waals surface area contributed by atoms with Crippen LogP contribution in [0.2, 0.25) is 0 Å². The van der Waals surface area contributed by atoms with Gasteiger partial charge in [0.05, 0.1) is 5.60 Å². The average Bonchev–Trinajstić information content (AvgIpc) is 2.93. The molecule has 4 atom stereocenters. The van der Waals surface area contributed by atoms with Crippen LogP contribution >= 0.6 is 0 Å². The molecule has 0 unspecified atom stereocenters. The Bertz CT molecular complexity index is 486. The van der Waals surface area contributed by atoms with E-state index >= 15 is 0 Å². The summed E-state index contributed by atoms with van der Waals surface area (Å²) < 4.78 is 5.24. The maximum atomic E-state index is 11.8. The second kappa shape index (κ2) is 5.09. The normalized spacial score (nSPS) is 35.0. The average molecular weight is 275 g/mol. The quantitative estimate of drug-likeness (QED) is 0.891. The number of fused-ring (bicyclic) bond motifs is 2. The molecular formula is C16H21NO3. The number of carbonyl (C=O) groups excluding carboxylic acids is 1. The second-order valence-corrected chi connectivity index (χ2v) is 6.30. The summed E-state index contributed by atoms with van der Waals surface area (Å²) >= 11 is 0. The Kier molecular flexibility index (Phi) is 3.42. The van der Waals surface area contributed by atoms with Crippen LogP contribution in [-0.4, -0.2) is 22.8 Å². The summed E-state index contributed by atoms with van der Waals surface area (Å²) in [6.07, 6.45) is 2.29. The number of ether oxygens (including phenoxy) is 1. The van der Waals surface area contributed by atoms with Gasteiger partial charge in [-0.3, -0.25) is 0 Å². The van der Waals surface area contributed by atoms with Crippen LogP contribution in [0.25, 0.3) is 0 Å². The molecule has 2 saturated carbocycles. The zero-order valence-corrected chi connectivity index (χ0v) is 11.7. The van der Waals surface area contributed by atoms with E-state index in [9.17, 15) is 9.90 Å². The minimum Gasteiger partial charge on any atom is -0.445 e. The fourth-order valence-electron chi connectivity index (χ4n) is 3.65. The van der Waals surface area contributed by atoms with Crippen LogP contribution in [0, 0.1) is 11.8 Å². The van der Waals surface area contributed by atoms with Crippen molar-refractivity contribution in [2.75, 3.05) is 0 Å². The third-order valence-electron chi connectivity index (χ3n) is 4.77. The number of alkyl carbamates (subject to hydrolysis) is 1. The van der Waals surface area contributed by atoms with Gasteiger partial charge in [-0.2, -0.15) is 0 Å². The van der Waals surface area contributed by atoms with E-state index in [1.807, 2.05) is 37.3 Å². The maximum absolute atomic E-state index is 11.8. The Hall–Kier alpha value is -1.55. The molecule has 0 aromatic heterocycles. The largest absolute Gasteiger partial charge is 0.445 e. The lowest BCUT2D eigenvalue weighted by molar-refractivity contribution is -0.00175. The van der Waals surface area contributed by atoms with Crippen LogP contribution in [0.15, 0.2) is 30.3 Å². The first kappa shape index (κ1) is 13.4. The maximum Gasteiger partial charge on any atom is 0.407 e. The first-order chi connectivity index (χ1) is 9.54. The Morgan fingerprint density at radius 1 is 1.40 bits per heavy atom. The van der Waals surface area contributed by atoms with Gasteiger partial charge in [-0.05, 0) is 43.6 Å². The molecule has 108 valence electrons. The molecule has 0 aliphatic heterocycles. The zero-order valence-electron chi connectivity index (χ0n) is 11.7. The molecule has 2 aliphatic rings. The Labute approximate surface area is 119 Å². The molecule has 4 heteroatoms. The number of benzene rings is 1. The topological polar surface area (TPSA) is 58.6 Å². The summed E-state index contributed by atoms with van der Waals surface area (Å²) in [6.45, 7) is 2.20. The molecule has 20 heavy (non-hydrogen) atoms. The van der Waals surface area contributed by atoms with Gasteiger partial charge in [-0.15, -0.1) is 0 Å². The predicted molar refractivity (Wildman–Crippen MR) is 75.0 cm³/mol. The Morgan fingerprint density at radius 3 is 2.75 bits per heavy atom. The molecule has 0 spiro atoms. The van der Waals surface area contributed by atoms with Crippen LogP contribution in [0.3, 0.4) is 0 Å². The third kappa shape index (κ3) is 2.66. The van der Waals surface area contributed by atoms with Crippen molar-refractivity contribution in [3.8, 4) is 0 Å². The van der Waals surface area contributed by atoms with Crippen molar-refractivity contribution < 1.29 is 14.6 Å². The fraction of sp³-hybridized carbons (Fsp3) is 0.562. The van der Waals surface area contributed by atoms with Gasteiger partial charge in [0.2, 0.25) is 0 Å². The first-order valence-electron chi connectivity index (χ1n) is 7.24. The number of aliphatic hydroxyl groups is 1. The van der Waals surface area contributed by atoms with E-state index in [1.54, 1.807) is 0 Å². The van der Waals surface area contributed by atoms with Gasteiger partial charge in [0.15, 0.2) is 0 Å². The van der Waals surface area contributed by atoms with Gasteiger partial charge in [0, 0.05) is 6.04 Å². The highest BCUT2D eigenvalue weighted by Crippen LogP contribution is 2.50. The van der Waals surface area contributed by atoms with Gasteiger partial charge >= 0.3 is 6.09 Å². The van der Waals surface area contributed by atoms with E-state index < -0.39 is 5.60 Å². The first-order valence-corrected chi connectivity index (χ1v) is 7.24. The fourth-order valence-corrected chi connectivity index (χ4v) is 3.65. The smallest absolute Gasteiger partial charge is 0.407 e. The second-order valence-electron chi connectivity index (χ2n) is 6.30. The number of hydrogen-bond donors (Lipinski definition) is 2. The molecule has 3 rings (SSSR count). The van der Waals surface area contributed by atoms with Crippen molar-refractivity contribution in [2.45, 2.75) is 44.4 Å². The van der Waals surface area contributed by atoms with Crippen LogP contribution < -0.4 is 5.32 Å². The van der Waals surface area contributed by atoms with Crippen molar-refractivity contribution in [1.29, 1.82) is 0 Å². The summed E-state index contributed by atoms with van der Waals surface area (Å²) in [4.78, 5) is 11.8. The van der Waals surface area contributed by atoms with E-state index in [0.717, 1.165) is 24.8 Å². The minimum absolute atomic E-state index is 0.156. The number of carbonyl (C=O) groups is 1. The van der Waals surface area contributed by atoms with Crippen molar-refractivity contribution in [2.24, 2.45) is 11.8 Å². The number of amides is 1. The summed E-state index contributed by atoms with van der Waals surface area (Å²) in [5.74, 6) is 0.700. The molecular weight excluding hydrogens is 254 g/mol. The van der Waals surface area contributed by atoms with Crippen LogP contribution in [0.4, 0.5) is 4.79 Å². The third-order valence-corrected chi connectivity index (χ3v) is 4.77. The number of hydrogen-bond acceptors (Lipinski definition) is 3. The minimum atomic E-state index is -0.545. The van der Waals surface area contributed by atoms with Crippen molar-refractivity contribution in [3.05, 3.63) is 35.9 Å². The van der Waals surface area contributed by atoms with E-state index in [2.05, 4.69) is 5.32 Å². The molecule has 2 N–H and O–H groups in total. The lowest BCUT2D eigenvalue weighted by Crippen LogP contribution is -2.44. The van der Waals surface area contributed by atoms with Crippen molar-refractivity contribution >= 4 is 6.09 Å². The molecule has 0 saturated heterocycles. The standard InChI is InChI=1S/C16H21NO3/c1-16(19)9-12-7-13(16)8-14(12)17-15(18)20-10-11-5-3-2-4-6-11/h2-6,12-14,19H,7-10H2,1H3,(H,17,18)/t12-,13-,14-,16+/m0/s1. The lowest BCUT2D eigenvalue weighted by atomic mass is 9.83. The van der Waals surface area contributed by atoms with Gasteiger partial charge in [-0.25, -0.2) is 4.79 Å². The molecule has 4 nitrogen and oxygen atoms in total. The molecule has 1 amide bonds. The highest BCUT2D eigenvalue weighted by atomic mass is 16.5. The summed E-state index contributed by atoms with van der Waals surface area (Å²) in [5, 5.41) is 13.1. The van der Waals surface area contributed by atoms with Gasteiger partial charge in [0.25, 0.3) is 0 Å². The van der Waals surface area contributed by atoms with Gasteiger partial charge in [0.1, 0.15) is 6.61 Å². The van der Waals surface area contributed by atoms with Crippen molar-refractivity contribution in [3.63, 3.8) is 0 Å². The van der Waals surface area contributed by atoms with Crippen LogP contribution in [0.5, 0.6) is 0 Å². The Balaban J connectivity index is 1.47. The monoisotopic (exact) mass is 275 g/mol. The molecule has 1 aromatic rings. The van der Waals surface area contributed by atoms with Crippen LogP contribution in [-0.2, 0) is 11.3 Å². The summed E-state index contributed by atoms with van der Waals surface area (Å²) in [7, 11) is 0. The van der Waals surface area contributed by atoms with E-state index in [0.29, 0.717) is 18.4 Å². The molecule has 1 aromatic carbocycles. The molecule has 2 bridgehead atoms. The van der Waals surface area contributed by atoms with E-state index in [-0.39, 0.29) is 12.1 Å².